The maximum absolute atomic E-state index is 12.9. The van der Waals surface area contributed by atoms with Crippen molar-refractivity contribution in [3.63, 3.8) is 0 Å². The van der Waals surface area contributed by atoms with Gasteiger partial charge in [0, 0.05) is 32.6 Å². The number of benzene rings is 1. The number of fused-ring (bicyclic) bond motifs is 2. The van der Waals surface area contributed by atoms with E-state index in [0.717, 1.165) is 57.1 Å². The van der Waals surface area contributed by atoms with Crippen LogP contribution < -0.4 is 4.73 Å². The zero-order valence-electron chi connectivity index (χ0n) is 18.0. The van der Waals surface area contributed by atoms with Gasteiger partial charge in [-0.1, -0.05) is 11.6 Å². The summed E-state index contributed by atoms with van der Waals surface area (Å²) in [6.45, 7) is 2.80. The van der Waals surface area contributed by atoms with Crippen molar-refractivity contribution in [2.75, 3.05) is 26.2 Å². The van der Waals surface area contributed by atoms with Gasteiger partial charge < -0.3 is 4.90 Å². The number of carbonyl (C=O) groups excluding carboxylic acids is 1. The first-order chi connectivity index (χ1) is 16.0. The third-order valence-corrected chi connectivity index (χ3v) is 7.00. The predicted molar refractivity (Wildman–Crippen MR) is 128 cm³/mol. The van der Waals surface area contributed by atoms with Crippen LogP contribution in [0.25, 0.3) is 0 Å². The first kappa shape index (κ1) is 22.0. The number of aromatic nitrogens is 2. The molecule has 0 radical (unpaired) electrons. The molecular formula is C25H24BrClN4O2+2. The van der Waals surface area contributed by atoms with E-state index in [1.54, 1.807) is 12.1 Å². The third kappa shape index (κ3) is 4.66. The van der Waals surface area contributed by atoms with Crippen molar-refractivity contribution in [3.8, 4) is 0 Å². The van der Waals surface area contributed by atoms with Gasteiger partial charge in [-0.05, 0) is 69.7 Å². The molecule has 2 aromatic heterocycles. The predicted octanol–water partition coefficient (Wildman–Crippen LogP) is 3.06. The molecule has 3 aromatic rings. The topological polar surface area (TPSA) is 60.3 Å². The van der Waals surface area contributed by atoms with Crippen LogP contribution in [0, 0.1) is 0 Å². The zero-order valence-corrected chi connectivity index (χ0v) is 20.4. The Morgan fingerprint density at radius 1 is 1.09 bits per heavy atom. The van der Waals surface area contributed by atoms with Crippen molar-refractivity contribution >= 4 is 39.1 Å². The van der Waals surface area contributed by atoms with Crippen LogP contribution in [0.5, 0.6) is 0 Å². The Balaban J connectivity index is 1.44. The van der Waals surface area contributed by atoms with E-state index in [9.17, 15) is 10.0 Å². The first-order valence-electron chi connectivity index (χ1n) is 11.0. The second kappa shape index (κ2) is 9.23. The van der Waals surface area contributed by atoms with E-state index < -0.39 is 0 Å². The Hall–Kier alpha value is -2.77. The smallest absolute Gasteiger partial charge is 0.233 e. The molecule has 1 amide bonds. The number of amides is 1. The summed E-state index contributed by atoms with van der Waals surface area (Å²) in [5, 5.41) is 10.1. The summed E-state index contributed by atoms with van der Waals surface area (Å²) in [6, 6.07) is 11.8. The molecule has 0 spiro atoms. The van der Waals surface area contributed by atoms with E-state index in [1.165, 1.54) is 29.1 Å². The van der Waals surface area contributed by atoms with Crippen molar-refractivity contribution in [2.45, 2.75) is 19.3 Å². The minimum absolute atomic E-state index is 0.103. The second-order valence-corrected chi connectivity index (χ2v) is 9.79. The fraction of sp³-hybridized carbons (Fsp3) is 0.280. The Bertz CT molecular complexity index is 1190. The van der Waals surface area contributed by atoms with Crippen molar-refractivity contribution in [2.24, 2.45) is 0 Å². The fourth-order valence-electron chi connectivity index (χ4n) is 4.64. The third-order valence-electron chi connectivity index (χ3n) is 6.33. The Labute approximate surface area is 205 Å². The molecule has 0 unspecified atom stereocenters. The molecule has 1 saturated heterocycles. The fourth-order valence-corrected chi connectivity index (χ4v) is 5.21. The Morgan fingerprint density at radius 3 is 2.58 bits per heavy atom. The average Bonchev–Trinajstić information content (AvgIpc) is 2.97. The van der Waals surface area contributed by atoms with Gasteiger partial charge >= 0.3 is 0 Å². The van der Waals surface area contributed by atoms with Gasteiger partial charge in [0.1, 0.15) is 5.69 Å². The lowest BCUT2D eigenvalue weighted by molar-refractivity contribution is -0.904. The summed E-state index contributed by atoms with van der Waals surface area (Å²) in [5.74, 6) is 0.103. The molecule has 3 heterocycles. The molecule has 168 valence electrons. The minimum atomic E-state index is 0.103. The molecule has 5 rings (SSSR count). The Kier molecular flexibility index (Phi) is 6.17. The van der Waals surface area contributed by atoms with E-state index in [-0.39, 0.29) is 5.91 Å². The summed E-state index contributed by atoms with van der Waals surface area (Å²) in [6.07, 6.45) is 7.08. The highest BCUT2D eigenvalue weighted by Crippen LogP contribution is 2.28. The van der Waals surface area contributed by atoms with E-state index in [4.69, 9.17) is 16.6 Å². The lowest BCUT2D eigenvalue weighted by Crippen LogP contribution is -2.47. The quantitative estimate of drug-likeness (QED) is 0.412. The number of rotatable bonds is 2. The molecule has 0 saturated carbocycles. The van der Waals surface area contributed by atoms with Gasteiger partial charge in [0.15, 0.2) is 13.1 Å². The molecule has 1 aliphatic carbocycles. The molecule has 0 bridgehead atoms. The normalized spacial score (nSPS) is 15.6. The summed E-state index contributed by atoms with van der Waals surface area (Å²) >= 11 is 9.89. The van der Waals surface area contributed by atoms with Crippen LogP contribution in [0.2, 0.25) is 5.02 Å². The molecule has 1 aromatic carbocycles. The highest BCUT2D eigenvalue weighted by Gasteiger charge is 2.32. The molecule has 1 fully saturated rings. The lowest BCUT2D eigenvalue weighted by atomic mass is 10.00. The van der Waals surface area contributed by atoms with Gasteiger partial charge in [-0.15, -0.1) is 0 Å². The minimum Gasteiger partial charge on any atom is -0.330 e. The van der Waals surface area contributed by atoms with Crippen molar-refractivity contribution < 1.29 is 19.3 Å². The number of piperazine rings is 1. The number of carbonyl (C=O) groups is 1. The first-order valence-corrected chi connectivity index (χ1v) is 12.2. The van der Waals surface area contributed by atoms with E-state index >= 15 is 0 Å². The highest BCUT2D eigenvalue weighted by molar-refractivity contribution is 9.10. The van der Waals surface area contributed by atoms with Crippen molar-refractivity contribution in [1.29, 1.82) is 0 Å². The number of hydrogen-bond acceptors (Lipinski definition) is 3. The standard InChI is InChI=1S/C25H24BrClN4O2/c26-20-14-19-2-1-18-15-21(27)3-4-22(18)25(24(19)28-16-20)30-11-9-29(10-12-30)23(32)13-17-5-7-31(33)8-6-17/h3-8,14-16,33H,1-2,9-13H2/q+2. The van der Waals surface area contributed by atoms with E-state index in [1.807, 2.05) is 17.2 Å². The van der Waals surface area contributed by atoms with Gasteiger partial charge in [-0.25, -0.2) is 9.56 Å². The molecule has 2 aliphatic rings. The van der Waals surface area contributed by atoms with Gasteiger partial charge in [0.25, 0.3) is 0 Å². The summed E-state index contributed by atoms with van der Waals surface area (Å²) in [4.78, 5) is 19.6. The van der Waals surface area contributed by atoms with Gasteiger partial charge in [-0.2, -0.15) is 0 Å². The monoisotopic (exact) mass is 526 g/mol. The van der Waals surface area contributed by atoms with Crippen LogP contribution in [0.15, 0.2) is 59.5 Å². The van der Waals surface area contributed by atoms with Crippen LogP contribution in [-0.4, -0.2) is 57.5 Å². The maximum atomic E-state index is 12.9. The largest absolute Gasteiger partial charge is 0.330 e. The summed E-state index contributed by atoms with van der Waals surface area (Å²) < 4.78 is 4.32. The molecule has 8 heteroatoms. The molecular weight excluding hydrogens is 504 g/mol. The zero-order chi connectivity index (χ0) is 22.9. The summed E-state index contributed by atoms with van der Waals surface area (Å²) in [5.41, 5.74) is 6.66. The molecule has 33 heavy (non-hydrogen) atoms. The van der Waals surface area contributed by atoms with Crippen LogP contribution in [0.3, 0.4) is 0 Å². The molecule has 1 N–H and O–H groups in total. The maximum Gasteiger partial charge on any atom is 0.233 e. The number of aryl methyl sites for hydroxylation is 2. The second-order valence-electron chi connectivity index (χ2n) is 8.44. The van der Waals surface area contributed by atoms with Gasteiger partial charge in [0.2, 0.25) is 24.0 Å². The molecule has 1 aliphatic heterocycles. The van der Waals surface area contributed by atoms with Gasteiger partial charge in [-0.3, -0.25) is 10.0 Å². The number of pyridine rings is 2. The SMILES string of the molecule is O=C(Cc1cc[n+](O)cc1)N1CC[N+](=C2c3ccc(Cl)cc3CCc3cc(Br)cnc32)CC1. The molecule has 0 atom stereocenters. The van der Waals surface area contributed by atoms with Crippen LogP contribution >= 0.6 is 27.5 Å². The molecule has 6 nitrogen and oxygen atoms in total. The number of nitrogens with zero attached hydrogens (tertiary/aromatic N) is 4. The van der Waals surface area contributed by atoms with Crippen molar-refractivity contribution in [3.05, 3.63) is 92.4 Å². The number of halogens is 2. The van der Waals surface area contributed by atoms with Crippen molar-refractivity contribution in [1.82, 2.24) is 9.88 Å². The summed E-state index contributed by atoms with van der Waals surface area (Å²) in [7, 11) is 0. The van der Waals surface area contributed by atoms with Gasteiger partial charge in [0.05, 0.1) is 25.1 Å². The lowest BCUT2D eigenvalue weighted by Gasteiger charge is -2.26. The van der Waals surface area contributed by atoms with Crippen LogP contribution in [0.1, 0.15) is 27.9 Å². The highest BCUT2D eigenvalue weighted by atomic mass is 79.9. The Morgan fingerprint density at radius 2 is 1.82 bits per heavy atom. The van der Waals surface area contributed by atoms with Crippen LogP contribution in [-0.2, 0) is 24.1 Å². The van der Waals surface area contributed by atoms with Crippen LogP contribution in [0.4, 0.5) is 0 Å². The number of hydrogen-bond donors (Lipinski definition) is 1. The van der Waals surface area contributed by atoms with E-state index in [0.29, 0.717) is 19.5 Å². The van der Waals surface area contributed by atoms with E-state index in [2.05, 4.69) is 38.7 Å². The average molecular weight is 528 g/mol.